The van der Waals surface area contributed by atoms with Gasteiger partial charge >= 0.3 is 6.03 Å². The van der Waals surface area contributed by atoms with Gasteiger partial charge in [-0.3, -0.25) is 0 Å². The molecule has 20 heavy (non-hydrogen) atoms. The fourth-order valence-electron chi connectivity index (χ4n) is 1.33. The van der Waals surface area contributed by atoms with Crippen LogP contribution in [0.3, 0.4) is 0 Å². The van der Waals surface area contributed by atoms with E-state index in [4.69, 9.17) is 16.3 Å². The minimum absolute atomic E-state index is 0.135. The minimum Gasteiger partial charge on any atom is -0.374 e. The van der Waals surface area contributed by atoms with Gasteiger partial charge < -0.3 is 20.3 Å². The number of nitrogens with one attached hydrogen (secondary N) is 2. The molecule has 0 unspecified atom stereocenters. The minimum atomic E-state index is -0.135. The highest BCUT2D eigenvalue weighted by Crippen LogP contribution is 2.11. The van der Waals surface area contributed by atoms with Crippen LogP contribution in [0.5, 0.6) is 0 Å². The molecule has 1 aromatic heterocycles. The Bertz CT molecular complexity index is 442. The van der Waals surface area contributed by atoms with Gasteiger partial charge in [-0.1, -0.05) is 11.6 Å². The lowest BCUT2D eigenvalue weighted by molar-refractivity contribution is 0.128. The second-order valence-electron chi connectivity index (χ2n) is 4.18. The van der Waals surface area contributed by atoms with Crippen LogP contribution >= 0.6 is 11.6 Å². The number of halogens is 1. The van der Waals surface area contributed by atoms with Crippen molar-refractivity contribution in [2.24, 2.45) is 0 Å². The molecule has 0 aliphatic heterocycles. The average molecular weight is 302 g/mol. The van der Waals surface area contributed by atoms with Gasteiger partial charge in [-0.25, -0.2) is 14.8 Å². The van der Waals surface area contributed by atoms with E-state index in [-0.39, 0.29) is 6.03 Å². The Balaban J connectivity index is 2.43. The Labute approximate surface area is 123 Å². The van der Waals surface area contributed by atoms with E-state index in [2.05, 4.69) is 20.6 Å². The lowest BCUT2D eigenvalue weighted by Gasteiger charge is -2.12. The van der Waals surface area contributed by atoms with Gasteiger partial charge in [0, 0.05) is 39.9 Å². The smallest absolute Gasteiger partial charge is 0.316 e. The molecule has 0 bridgehead atoms. The van der Waals surface area contributed by atoms with Gasteiger partial charge in [-0.15, -0.1) is 0 Å². The first-order valence-corrected chi connectivity index (χ1v) is 6.71. The van der Waals surface area contributed by atoms with E-state index in [9.17, 15) is 4.79 Å². The Morgan fingerprint density at radius 2 is 2.15 bits per heavy atom. The van der Waals surface area contributed by atoms with Gasteiger partial charge in [0.1, 0.15) is 17.6 Å². The van der Waals surface area contributed by atoms with E-state index >= 15 is 0 Å². The molecule has 0 fully saturated rings. The number of amides is 2. The van der Waals surface area contributed by atoms with Crippen LogP contribution in [0, 0.1) is 0 Å². The average Bonchev–Trinajstić information content (AvgIpc) is 2.40. The molecule has 1 rings (SSSR count). The summed E-state index contributed by atoms with van der Waals surface area (Å²) in [5, 5.41) is 6.17. The number of aromatic nitrogens is 2. The topological polar surface area (TPSA) is 79.4 Å². The summed E-state index contributed by atoms with van der Waals surface area (Å²) >= 11 is 5.91. The van der Waals surface area contributed by atoms with Crippen LogP contribution in [-0.2, 0) is 11.3 Å². The fraction of sp³-hybridized carbons (Fsp3) is 0.583. The summed E-state index contributed by atoms with van der Waals surface area (Å²) < 4.78 is 5.24. The summed E-state index contributed by atoms with van der Waals surface area (Å²) in [7, 11) is 3.37. The highest BCUT2D eigenvalue weighted by Gasteiger charge is 2.04. The fourth-order valence-corrected chi connectivity index (χ4v) is 1.53. The summed E-state index contributed by atoms with van der Waals surface area (Å²) in [5.41, 5.74) is 0. The maximum Gasteiger partial charge on any atom is 0.316 e. The first kappa shape index (κ1) is 16.5. The van der Waals surface area contributed by atoms with Gasteiger partial charge in [0.05, 0.1) is 0 Å². The molecule has 0 aliphatic rings. The first-order chi connectivity index (χ1) is 9.52. The number of carbonyl (C=O) groups excluding carboxylic acids is 1. The molecular formula is C12H20ClN5O2. The van der Waals surface area contributed by atoms with Crippen LogP contribution < -0.4 is 10.6 Å². The van der Waals surface area contributed by atoms with E-state index in [0.717, 1.165) is 0 Å². The lowest BCUT2D eigenvalue weighted by atomic mass is 10.5. The zero-order valence-corrected chi connectivity index (χ0v) is 12.7. The van der Waals surface area contributed by atoms with Gasteiger partial charge in [0.15, 0.2) is 5.82 Å². The van der Waals surface area contributed by atoms with Crippen molar-refractivity contribution < 1.29 is 9.53 Å². The third-order valence-electron chi connectivity index (χ3n) is 2.29. The van der Waals surface area contributed by atoms with Crippen molar-refractivity contribution in [3.8, 4) is 0 Å². The third kappa shape index (κ3) is 6.03. The molecule has 0 saturated heterocycles. The maximum atomic E-state index is 11.3. The molecule has 1 aromatic rings. The molecule has 1 heterocycles. The van der Waals surface area contributed by atoms with E-state index in [1.807, 2.05) is 6.92 Å². The Morgan fingerprint density at radius 3 is 2.80 bits per heavy atom. The molecule has 2 N–H and O–H groups in total. The standard InChI is InChI=1S/C12H20ClN5O2/c1-4-20-8-11-16-9(13)7-10(17-11)14-5-6-15-12(19)18(2)3/h7H,4-6,8H2,1-3H3,(H,15,19)(H,14,16,17). The highest BCUT2D eigenvalue weighted by atomic mass is 35.5. The van der Waals surface area contributed by atoms with Gasteiger partial charge in [0.25, 0.3) is 0 Å². The number of nitrogens with zero attached hydrogens (tertiary/aromatic N) is 3. The molecule has 8 heteroatoms. The molecule has 0 aliphatic carbocycles. The maximum absolute atomic E-state index is 11.3. The van der Waals surface area contributed by atoms with Crippen molar-refractivity contribution in [2.75, 3.05) is 39.1 Å². The SMILES string of the molecule is CCOCc1nc(Cl)cc(NCCNC(=O)N(C)C)n1. The van der Waals surface area contributed by atoms with Crippen LogP contribution in [0.15, 0.2) is 6.07 Å². The zero-order chi connectivity index (χ0) is 15.0. The monoisotopic (exact) mass is 301 g/mol. The number of ether oxygens (including phenoxy) is 1. The quantitative estimate of drug-likeness (QED) is 0.587. The summed E-state index contributed by atoms with van der Waals surface area (Å²) in [5.74, 6) is 1.14. The van der Waals surface area contributed by atoms with Crippen molar-refractivity contribution in [1.82, 2.24) is 20.2 Å². The predicted octanol–water partition coefficient (Wildman–Crippen LogP) is 1.35. The van der Waals surface area contributed by atoms with Crippen molar-refractivity contribution in [3.63, 3.8) is 0 Å². The molecule has 0 aromatic carbocycles. The van der Waals surface area contributed by atoms with Crippen LogP contribution in [0.1, 0.15) is 12.7 Å². The van der Waals surface area contributed by atoms with Crippen molar-refractivity contribution in [3.05, 3.63) is 17.0 Å². The van der Waals surface area contributed by atoms with Gasteiger partial charge in [-0.2, -0.15) is 0 Å². The van der Waals surface area contributed by atoms with Crippen LogP contribution in [0.4, 0.5) is 10.6 Å². The molecule has 0 spiro atoms. The molecule has 112 valence electrons. The second kappa shape index (κ2) is 8.55. The largest absolute Gasteiger partial charge is 0.374 e. The number of rotatable bonds is 7. The normalized spacial score (nSPS) is 10.2. The zero-order valence-electron chi connectivity index (χ0n) is 11.9. The van der Waals surface area contributed by atoms with E-state index < -0.39 is 0 Å². The summed E-state index contributed by atoms with van der Waals surface area (Å²) in [6.07, 6.45) is 0. The van der Waals surface area contributed by atoms with Crippen molar-refractivity contribution >= 4 is 23.4 Å². The molecule has 0 atom stereocenters. The second-order valence-corrected chi connectivity index (χ2v) is 4.57. The lowest BCUT2D eigenvalue weighted by Crippen LogP contribution is -2.37. The summed E-state index contributed by atoms with van der Waals surface area (Å²) in [4.78, 5) is 21.1. The van der Waals surface area contributed by atoms with Crippen LogP contribution in [0.2, 0.25) is 5.15 Å². The predicted molar refractivity (Wildman–Crippen MR) is 77.9 cm³/mol. The third-order valence-corrected chi connectivity index (χ3v) is 2.48. The molecule has 0 radical (unpaired) electrons. The first-order valence-electron chi connectivity index (χ1n) is 6.33. The number of carbonyl (C=O) groups is 1. The van der Waals surface area contributed by atoms with Crippen molar-refractivity contribution in [1.29, 1.82) is 0 Å². The molecule has 2 amide bonds. The highest BCUT2D eigenvalue weighted by molar-refractivity contribution is 6.29. The van der Waals surface area contributed by atoms with E-state index in [0.29, 0.717) is 43.1 Å². The molecular weight excluding hydrogens is 282 g/mol. The van der Waals surface area contributed by atoms with Crippen LogP contribution in [-0.4, -0.2) is 54.7 Å². The van der Waals surface area contributed by atoms with Gasteiger partial charge in [0.2, 0.25) is 0 Å². The van der Waals surface area contributed by atoms with Crippen molar-refractivity contribution in [2.45, 2.75) is 13.5 Å². The Morgan fingerprint density at radius 1 is 1.40 bits per heavy atom. The van der Waals surface area contributed by atoms with E-state index in [1.165, 1.54) is 4.90 Å². The number of anilines is 1. The Kier molecular flexibility index (Phi) is 7.03. The molecule has 0 saturated carbocycles. The Hall–Kier alpha value is -1.60. The number of urea groups is 1. The van der Waals surface area contributed by atoms with Crippen LogP contribution in [0.25, 0.3) is 0 Å². The number of hydrogen-bond acceptors (Lipinski definition) is 5. The van der Waals surface area contributed by atoms with E-state index in [1.54, 1.807) is 20.2 Å². The molecule has 7 nitrogen and oxygen atoms in total. The van der Waals surface area contributed by atoms with Gasteiger partial charge in [-0.05, 0) is 6.92 Å². The number of hydrogen-bond donors (Lipinski definition) is 2. The summed E-state index contributed by atoms with van der Waals surface area (Å²) in [6.45, 7) is 3.84. The summed E-state index contributed by atoms with van der Waals surface area (Å²) in [6, 6.07) is 1.50.